The fraction of sp³-hybridized carbons (Fsp3) is 0.536. The van der Waals surface area contributed by atoms with Crippen molar-refractivity contribution in [1.29, 1.82) is 0 Å². The number of nitrogens with zero attached hydrogens (tertiary/aromatic N) is 2. The number of carbonyl (C=O) groups is 1. The summed E-state index contributed by atoms with van der Waals surface area (Å²) in [5.41, 5.74) is 11.7. The molecule has 700 valence electrons. The number of hydrogen-bond donors (Lipinski definition) is 1. The number of likely N-dealkylation sites (tertiary alicyclic amines) is 1. The molecule has 4 aliphatic rings. The van der Waals surface area contributed by atoms with E-state index in [1.165, 1.54) is 88.5 Å². The Morgan fingerprint density at radius 1 is 0.500 bits per heavy atom. The van der Waals surface area contributed by atoms with Gasteiger partial charge >= 0.3 is 6.09 Å². The predicted octanol–water partition coefficient (Wildman–Crippen LogP) is 34.2. The highest BCUT2D eigenvalue weighted by atomic mass is 79.9. The number of sulfone groups is 1. The number of ether oxygens (including phenoxy) is 4. The topological polar surface area (TPSA) is 124 Å². The largest absolute Gasteiger partial charge is 0.508 e. The highest BCUT2D eigenvalue weighted by Crippen LogP contribution is 2.41. The van der Waals surface area contributed by atoms with Crippen molar-refractivity contribution in [2.75, 3.05) is 33.2 Å². The Bertz CT molecular complexity index is 4290. The second kappa shape index (κ2) is 59.5. The monoisotopic (exact) mass is 1830 g/mol. The van der Waals surface area contributed by atoms with E-state index in [0.29, 0.717) is 58.9 Å². The number of aromatic hydroxyl groups is 1. The number of phenolic OH excluding ortho intramolecular Hbond substituents is 1. The zero-order valence-electron chi connectivity index (χ0n) is 83.7. The van der Waals surface area contributed by atoms with E-state index in [2.05, 4.69) is 267 Å². The Kier molecular flexibility index (Phi) is 54.0. The van der Waals surface area contributed by atoms with Crippen molar-refractivity contribution < 1.29 is 41.7 Å². The van der Waals surface area contributed by atoms with Crippen molar-refractivity contribution in [1.82, 2.24) is 9.88 Å². The molecule has 1 aromatic heterocycles. The summed E-state index contributed by atoms with van der Waals surface area (Å²) in [6.07, 6.45) is 14.0. The van der Waals surface area contributed by atoms with Crippen molar-refractivity contribution >= 4 is 54.4 Å². The number of pyridine rings is 1. The number of piperidine rings is 1. The van der Waals surface area contributed by atoms with Crippen LogP contribution in [0.3, 0.4) is 0 Å². The van der Waals surface area contributed by atoms with Gasteiger partial charge < -0.3 is 29.0 Å². The van der Waals surface area contributed by atoms with E-state index in [4.69, 9.17) is 30.5 Å². The van der Waals surface area contributed by atoms with Gasteiger partial charge in [-0.1, -0.05) is 360 Å². The molecule has 0 radical (unpaired) electrons. The van der Waals surface area contributed by atoms with Gasteiger partial charge in [0, 0.05) is 52.1 Å². The highest BCUT2D eigenvalue weighted by molar-refractivity contribution is 9.10. The van der Waals surface area contributed by atoms with Crippen LogP contribution < -0.4 is 14.2 Å². The number of para-hydroxylation sites is 2. The molecule has 14 heteroatoms. The minimum absolute atomic E-state index is 0.0995. The number of aromatic nitrogens is 1. The second-order valence-corrected chi connectivity index (χ2v) is 42.3. The maximum absolute atomic E-state index is 12.8. The van der Waals surface area contributed by atoms with Crippen LogP contribution in [0.4, 0.5) is 9.18 Å². The summed E-state index contributed by atoms with van der Waals surface area (Å²) in [7, 11) is -1.38. The van der Waals surface area contributed by atoms with E-state index in [1.807, 2.05) is 131 Å². The van der Waals surface area contributed by atoms with E-state index in [1.54, 1.807) is 31.4 Å². The molecular formula is C112H167BrClFN2O8S. The molecule has 2 saturated carbocycles. The number of hydrogen-bond acceptors (Lipinski definition) is 9. The molecule has 1 N–H and O–H groups in total. The summed E-state index contributed by atoms with van der Waals surface area (Å²) < 4.78 is 57.5. The quantitative estimate of drug-likeness (QED) is 0.107. The van der Waals surface area contributed by atoms with Gasteiger partial charge in [-0.25, -0.2) is 17.6 Å². The summed E-state index contributed by atoms with van der Waals surface area (Å²) in [6, 6.07) is 60.5. The van der Waals surface area contributed by atoms with Gasteiger partial charge in [-0.3, -0.25) is 4.98 Å². The van der Waals surface area contributed by atoms with E-state index in [0.717, 1.165) is 123 Å². The Labute approximate surface area is 780 Å². The Hall–Kier alpha value is -7.71. The fourth-order valence-corrected chi connectivity index (χ4v) is 15.9. The third kappa shape index (κ3) is 45.5. The molecular weight excluding hydrogens is 1670 g/mol. The van der Waals surface area contributed by atoms with Gasteiger partial charge in [0.25, 0.3) is 0 Å². The zero-order chi connectivity index (χ0) is 95.3. The molecule has 10 nitrogen and oxygen atoms in total. The molecule has 8 aromatic carbocycles. The number of halogens is 3. The van der Waals surface area contributed by atoms with Crippen LogP contribution >= 0.6 is 27.5 Å². The second-order valence-electron chi connectivity index (χ2n) is 39.0. The van der Waals surface area contributed by atoms with Crippen LogP contribution in [0.25, 0.3) is 10.9 Å². The zero-order valence-corrected chi connectivity index (χ0v) is 86.9. The van der Waals surface area contributed by atoms with Gasteiger partial charge in [0.1, 0.15) is 22.9 Å². The summed E-state index contributed by atoms with van der Waals surface area (Å²) in [6.45, 7) is 66.7. The van der Waals surface area contributed by atoms with E-state index in [9.17, 15) is 22.7 Å². The first-order valence-electron chi connectivity index (χ1n) is 46.7. The van der Waals surface area contributed by atoms with Crippen molar-refractivity contribution in [2.45, 2.75) is 317 Å². The van der Waals surface area contributed by atoms with Crippen LogP contribution in [0.2, 0.25) is 5.02 Å². The third-order valence-corrected chi connectivity index (χ3v) is 24.5. The number of methoxy groups -OCH3 is 1. The van der Waals surface area contributed by atoms with E-state index >= 15 is 0 Å². The highest BCUT2D eigenvalue weighted by Gasteiger charge is 2.29. The Morgan fingerprint density at radius 2 is 0.921 bits per heavy atom. The first-order chi connectivity index (χ1) is 59.0. The normalized spacial score (nSPS) is 13.3. The van der Waals surface area contributed by atoms with Crippen LogP contribution in [-0.4, -0.2) is 68.4 Å². The van der Waals surface area contributed by atoms with Crippen molar-refractivity contribution in [2.24, 2.45) is 47.3 Å². The van der Waals surface area contributed by atoms with E-state index in [-0.39, 0.29) is 23.4 Å². The van der Waals surface area contributed by atoms with Gasteiger partial charge in [-0.05, 0) is 248 Å². The SMILES string of the molecule is CC(C)C1CC1.CC(C)C1CCC1.CC(C)C1CCN(C(=O)OC(C)(C)C)CC1.CC(C)CC(C)C.CC(C)c1ccc(S(C)(=O)=O)cc1.CC(C)c1cccc2cccnc12.CC(C)c1ccccc1Br.CC(C)c1ccccc1Cl.CC(C)c1ccccc1F.CC(C)c1ccccc1O.COc1cc2c(cc1C(C)C)OCO2.Cc1ccccc1C(C)C. The first kappa shape index (κ1) is 114. The lowest BCUT2D eigenvalue weighted by atomic mass is 9.78. The van der Waals surface area contributed by atoms with Crippen molar-refractivity contribution in [3.63, 3.8) is 0 Å². The molecule has 9 aromatic rings. The lowest BCUT2D eigenvalue weighted by Gasteiger charge is -2.34. The standard InChI is InChI=1S/C13H25NO2.C12H13N.C11H14O3.C10H14O2S.C10H14.C9H11Br.C9H11Cl.C9H11F.C9H12O.C7H14.C7H16.C6H12/c1-10(2)11-6-8-14(9-7-11)12(15)16-13(3,4)5;1-9(2)11-7-3-5-10-6-4-8-13-12(10)11;1-7(2)8-4-10-11(14-6-13-10)5-9(8)12-3;1-8(2)9-4-6-10(7-5-9)13(3,11)12;1-8(2)10-7-5-4-6-9(10)3;4*1-7(2)8-5-3-4-6-9(8)10;1-6(2)7-4-3-5-7;1-6(2)5-7(3)4;1-5(2)6-3-4-6/h10-11H,6-9H2,1-5H3;3-9H,1-2H3;4-5,7H,6H2,1-3H3;4-8H,1-3H3;4-8H,1-3H3;3*3-7H,1-2H3;3-7,10H,1-2H3;6-7H,3-5H2,1-2H3;6-7H,5H2,1-4H3;5-6H,3-4H2,1-2H3. The number of rotatable bonds is 15. The van der Waals surface area contributed by atoms with E-state index < -0.39 is 9.84 Å². The summed E-state index contributed by atoms with van der Waals surface area (Å²) in [5, 5.41) is 11.4. The molecule has 3 fully saturated rings. The lowest BCUT2D eigenvalue weighted by molar-refractivity contribution is 0.0166. The van der Waals surface area contributed by atoms with Gasteiger partial charge in [0.05, 0.1) is 17.5 Å². The molecule has 13 rings (SSSR count). The van der Waals surface area contributed by atoms with Crippen molar-refractivity contribution in [3.05, 3.63) is 260 Å². The molecule has 0 bridgehead atoms. The summed E-state index contributed by atoms with van der Waals surface area (Å²) in [4.78, 5) is 18.4. The fourth-order valence-electron chi connectivity index (χ4n) is 14.2. The molecule has 0 unspecified atom stereocenters. The molecule has 126 heavy (non-hydrogen) atoms. The van der Waals surface area contributed by atoms with Gasteiger partial charge in [-0.15, -0.1) is 0 Å². The molecule has 0 spiro atoms. The van der Waals surface area contributed by atoms with Crippen molar-refractivity contribution in [3.8, 4) is 23.0 Å². The van der Waals surface area contributed by atoms with Crippen LogP contribution in [-0.2, 0) is 14.6 Å². The van der Waals surface area contributed by atoms with Gasteiger partial charge in [0.2, 0.25) is 6.79 Å². The maximum atomic E-state index is 12.8. The summed E-state index contributed by atoms with van der Waals surface area (Å²) in [5.74, 6) is 13.9. The molecule has 3 heterocycles. The number of fused-ring (bicyclic) bond motifs is 2. The minimum Gasteiger partial charge on any atom is -0.508 e. The first-order valence-corrected chi connectivity index (χ1v) is 49.7. The molecule has 1 amide bonds. The smallest absolute Gasteiger partial charge is 0.410 e. The molecule has 1 saturated heterocycles. The number of amides is 1. The van der Waals surface area contributed by atoms with Crippen LogP contribution in [0.15, 0.2) is 204 Å². The predicted molar refractivity (Wildman–Crippen MR) is 544 cm³/mol. The van der Waals surface area contributed by atoms with Crippen LogP contribution in [0, 0.1) is 60.1 Å². The number of phenols is 1. The average molecular weight is 1840 g/mol. The number of carbonyl (C=O) groups excluding carboxylic acids is 1. The Balaban J connectivity index is 0.000000469. The Morgan fingerprint density at radius 3 is 1.27 bits per heavy atom. The average Bonchev–Trinajstić information content (AvgIpc) is 1.56. The maximum Gasteiger partial charge on any atom is 0.410 e. The molecule has 0 atom stereocenters. The minimum atomic E-state index is -3.05. The van der Waals surface area contributed by atoms with Crippen LogP contribution in [0.5, 0.6) is 23.0 Å². The lowest BCUT2D eigenvalue weighted by Crippen LogP contribution is -2.42. The molecule has 2 aliphatic carbocycles. The summed E-state index contributed by atoms with van der Waals surface area (Å²) >= 11 is 9.42. The van der Waals surface area contributed by atoms with Crippen LogP contribution in [0.1, 0.15) is 350 Å². The van der Waals surface area contributed by atoms with Gasteiger partial charge in [0.15, 0.2) is 21.3 Å². The number of benzene rings is 8. The molecule has 2 aliphatic heterocycles. The number of aryl methyl sites for hydroxylation is 1. The third-order valence-electron chi connectivity index (χ3n) is 22.3. The van der Waals surface area contributed by atoms with Gasteiger partial charge in [-0.2, -0.15) is 0 Å².